The van der Waals surface area contributed by atoms with Gasteiger partial charge in [0.2, 0.25) is 5.91 Å². The number of hydrogen-bond donors (Lipinski definition) is 1. The number of para-hydroxylation sites is 1. The van der Waals surface area contributed by atoms with Crippen molar-refractivity contribution in [2.45, 2.75) is 38.3 Å². The Kier molecular flexibility index (Phi) is 4.71. The zero-order chi connectivity index (χ0) is 16.2. The fraction of sp³-hybridized carbons (Fsp3) is 0.471. The van der Waals surface area contributed by atoms with Crippen molar-refractivity contribution in [3.05, 3.63) is 40.9 Å². The molecule has 1 aromatic heterocycles. The van der Waals surface area contributed by atoms with Crippen LogP contribution in [0.5, 0.6) is 0 Å². The standard InChI is InChI=1S/C17H21N3O3/c21-10-4-3-9-20(13-7-8-13)16(22)11-19-12-18-15-6-2-1-5-14(15)17(19)23/h1-2,5-6,12-13,21H,3-4,7-11H2. The first kappa shape index (κ1) is 15.7. The van der Waals surface area contributed by atoms with E-state index in [9.17, 15) is 9.59 Å². The van der Waals surface area contributed by atoms with E-state index < -0.39 is 0 Å². The largest absolute Gasteiger partial charge is 0.396 e. The quantitative estimate of drug-likeness (QED) is 0.778. The van der Waals surface area contributed by atoms with Crippen molar-refractivity contribution in [1.82, 2.24) is 14.5 Å². The Hall–Kier alpha value is -2.21. The molecule has 0 spiro atoms. The van der Waals surface area contributed by atoms with E-state index in [1.807, 2.05) is 11.0 Å². The third-order valence-corrected chi connectivity index (χ3v) is 4.15. The number of aliphatic hydroxyl groups excluding tert-OH is 1. The van der Waals surface area contributed by atoms with Gasteiger partial charge in [-0.05, 0) is 37.8 Å². The number of carbonyl (C=O) groups is 1. The first-order valence-electron chi connectivity index (χ1n) is 8.05. The number of aromatic nitrogens is 2. The number of carbonyl (C=O) groups excluding carboxylic acids is 1. The maximum absolute atomic E-state index is 12.6. The number of unbranched alkanes of at least 4 members (excludes halogenated alkanes) is 1. The smallest absolute Gasteiger partial charge is 0.261 e. The minimum atomic E-state index is -0.185. The van der Waals surface area contributed by atoms with Gasteiger partial charge in [0.15, 0.2) is 0 Å². The average molecular weight is 315 g/mol. The summed E-state index contributed by atoms with van der Waals surface area (Å²) >= 11 is 0. The third-order valence-electron chi connectivity index (χ3n) is 4.15. The lowest BCUT2D eigenvalue weighted by Crippen LogP contribution is -2.38. The van der Waals surface area contributed by atoms with Gasteiger partial charge in [0, 0.05) is 19.2 Å². The molecule has 1 fully saturated rings. The van der Waals surface area contributed by atoms with Gasteiger partial charge in [-0.25, -0.2) is 4.98 Å². The van der Waals surface area contributed by atoms with Crippen molar-refractivity contribution in [2.75, 3.05) is 13.2 Å². The van der Waals surface area contributed by atoms with Gasteiger partial charge in [0.05, 0.1) is 17.2 Å². The highest BCUT2D eigenvalue weighted by atomic mass is 16.3. The molecule has 0 radical (unpaired) electrons. The number of aliphatic hydroxyl groups is 1. The molecule has 1 heterocycles. The van der Waals surface area contributed by atoms with Crippen LogP contribution in [0.15, 0.2) is 35.4 Å². The summed E-state index contributed by atoms with van der Waals surface area (Å²) in [5, 5.41) is 9.42. The first-order valence-corrected chi connectivity index (χ1v) is 8.05. The lowest BCUT2D eigenvalue weighted by Gasteiger charge is -2.22. The number of hydrogen-bond acceptors (Lipinski definition) is 4. The third kappa shape index (κ3) is 3.59. The van der Waals surface area contributed by atoms with Crippen molar-refractivity contribution in [1.29, 1.82) is 0 Å². The van der Waals surface area contributed by atoms with Crippen LogP contribution in [0.1, 0.15) is 25.7 Å². The number of fused-ring (bicyclic) bond motifs is 1. The van der Waals surface area contributed by atoms with Gasteiger partial charge in [0.1, 0.15) is 6.54 Å². The van der Waals surface area contributed by atoms with Gasteiger partial charge in [-0.3, -0.25) is 14.2 Å². The Balaban J connectivity index is 1.76. The van der Waals surface area contributed by atoms with Crippen molar-refractivity contribution in [3.63, 3.8) is 0 Å². The van der Waals surface area contributed by atoms with E-state index in [1.165, 1.54) is 10.9 Å². The molecule has 122 valence electrons. The molecule has 0 bridgehead atoms. The molecule has 1 saturated carbocycles. The summed E-state index contributed by atoms with van der Waals surface area (Å²) in [6.45, 7) is 0.798. The number of rotatable bonds is 7. The molecule has 1 aromatic carbocycles. The van der Waals surface area contributed by atoms with E-state index in [0.717, 1.165) is 19.3 Å². The van der Waals surface area contributed by atoms with E-state index in [2.05, 4.69) is 4.98 Å². The Labute approximate surface area is 134 Å². The monoisotopic (exact) mass is 315 g/mol. The summed E-state index contributed by atoms with van der Waals surface area (Å²) in [5.74, 6) is -0.0513. The van der Waals surface area contributed by atoms with Crippen LogP contribution in [0.4, 0.5) is 0 Å². The molecule has 6 heteroatoms. The molecule has 1 N–H and O–H groups in total. The van der Waals surface area contributed by atoms with E-state index >= 15 is 0 Å². The average Bonchev–Trinajstić information content (AvgIpc) is 3.39. The van der Waals surface area contributed by atoms with Crippen molar-refractivity contribution in [3.8, 4) is 0 Å². The molecule has 1 aliphatic rings. The van der Waals surface area contributed by atoms with Crippen LogP contribution in [0.25, 0.3) is 10.9 Å². The van der Waals surface area contributed by atoms with Crippen LogP contribution in [0.3, 0.4) is 0 Å². The molecule has 0 unspecified atom stereocenters. The van der Waals surface area contributed by atoms with Crippen molar-refractivity contribution < 1.29 is 9.90 Å². The lowest BCUT2D eigenvalue weighted by atomic mass is 10.2. The topological polar surface area (TPSA) is 75.4 Å². The van der Waals surface area contributed by atoms with Crippen LogP contribution in [0, 0.1) is 0 Å². The second-order valence-electron chi connectivity index (χ2n) is 5.94. The van der Waals surface area contributed by atoms with Crippen molar-refractivity contribution in [2.24, 2.45) is 0 Å². The van der Waals surface area contributed by atoms with E-state index in [4.69, 9.17) is 5.11 Å². The number of nitrogens with zero attached hydrogens (tertiary/aromatic N) is 3. The predicted molar refractivity (Wildman–Crippen MR) is 87.1 cm³/mol. The minimum Gasteiger partial charge on any atom is -0.396 e. The minimum absolute atomic E-state index is 0.0201. The fourth-order valence-electron chi connectivity index (χ4n) is 2.75. The maximum atomic E-state index is 12.6. The van der Waals surface area contributed by atoms with Gasteiger partial charge in [-0.1, -0.05) is 12.1 Å². The normalized spacial score (nSPS) is 14.1. The second kappa shape index (κ2) is 6.91. The Morgan fingerprint density at radius 3 is 2.83 bits per heavy atom. The summed E-state index contributed by atoms with van der Waals surface area (Å²) in [4.78, 5) is 31.1. The molecule has 2 aromatic rings. The zero-order valence-electron chi connectivity index (χ0n) is 13.0. The molecule has 23 heavy (non-hydrogen) atoms. The highest BCUT2D eigenvalue weighted by molar-refractivity contribution is 5.79. The molecule has 0 aliphatic heterocycles. The van der Waals surface area contributed by atoms with E-state index in [0.29, 0.717) is 29.9 Å². The molecule has 3 rings (SSSR count). The van der Waals surface area contributed by atoms with Crippen molar-refractivity contribution >= 4 is 16.8 Å². The number of benzene rings is 1. The fourth-order valence-corrected chi connectivity index (χ4v) is 2.75. The van der Waals surface area contributed by atoms with Gasteiger partial charge >= 0.3 is 0 Å². The molecular formula is C17H21N3O3. The molecule has 0 atom stereocenters. The maximum Gasteiger partial charge on any atom is 0.261 e. The Bertz CT molecular complexity index is 752. The number of amides is 1. The van der Waals surface area contributed by atoms with Gasteiger partial charge < -0.3 is 10.0 Å². The summed E-state index contributed by atoms with van der Waals surface area (Å²) in [6, 6.07) is 7.44. The van der Waals surface area contributed by atoms with Crippen LogP contribution in [-0.2, 0) is 11.3 Å². The summed E-state index contributed by atoms with van der Waals surface area (Å²) in [6.07, 6.45) is 4.96. The highest BCUT2D eigenvalue weighted by Gasteiger charge is 2.32. The molecule has 6 nitrogen and oxygen atoms in total. The van der Waals surface area contributed by atoms with Gasteiger partial charge in [-0.2, -0.15) is 0 Å². The predicted octanol–water partition coefficient (Wildman–Crippen LogP) is 1.16. The van der Waals surface area contributed by atoms with Gasteiger partial charge in [-0.15, -0.1) is 0 Å². The highest BCUT2D eigenvalue weighted by Crippen LogP contribution is 2.27. The van der Waals surface area contributed by atoms with Gasteiger partial charge in [0.25, 0.3) is 5.56 Å². The molecular weight excluding hydrogens is 294 g/mol. The molecule has 1 amide bonds. The molecule has 0 saturated heterocycles. The van der Waals surface area contributed by atoms with Crippen LogP contribution in [-0.4, -0.2) is 44.7 Å². The Morgan fingerprint density at radius 2 is 2.09 bits per heavy atom. The Morgan fingerprint density at radius 1 is 1.30 bits per heavy atom. The summed E-state index contributed by atoms with van der Waals surface area (Å²) in [5.41, 5.74) is 0.457. The SMILES string of the molecule is O=C(Cn1cnc2ccccc2c1=O)N(CCCCO)C1CC1. The lowest BCUT2D eigenvalue weighted by molar-refractivity contribution is -0.132. The summed E-state index contributed by atoms with van der Waals surface area (Å²) < 4.78 is 1.38. The van der Waals surface area contributed by atoms with E-state index in [1.54, 1.807) is 18.2 Å². The second-order valence-corrected chi connectivity index (χ2v) is 5.94. The van der Waals surface area contributed by atoms with E-state index in [-0.39, 0.29) is 24.6 Å². The first-order chi connectivity index (χ1) is 11.2. The van der Waals surface area contributed by atoms with Crippen LogP contribution >= 0.6 is 0 Å². The van der Waals surface area contributed by atoms with Crippen LogP contribution in [0.2, 0.25) is 0 Å². The summed E-state index contributed by atoms with van der Waals surface area (Å²) in [7, 11) is 0. The zero-order valence-corrected chi connectivity index (χ0v) is 13.0. The molecule has 1 aliphatic carbocycles. The van der Waals surface area contributed by atoms with Crippen LogP contribution < -0.4 is 5.56 Å².